The minimum Gasteiger partial charge on any atom is -0.353 e. The zero-order chi connectivity index (χ0) is 21.6. The van der Waals surface area contributed by atoms with Crippen LogP contribution in [0.5, 0.6) is 0 Å². The first-order chi connectivity index (χ1) is 14.2. The van der Waals surface area contributed by atoms with Gasteiger partial charge in [0.1, 0.15) is 0 Å². The van der Waals surface area contributed by atoms with Crippen molar-refractivity contribution in [3.63, 3.8) is 0 Å². The molecule has 0 aliphatic heterocycles. The maximum atomic E-state index is 12.0. The molecule has 158 valence electrons. The van der Waals surface area contributed by atoms with Crippen LogP contribution >= 0.6 is 0 Å². The maximum absolute atomic E-state index is 12.0. The standard InChI is InChI=1S/C28H35NO/c1-6-29-25(30)14-11-20-9-7-8-10-22(20)28(17-18-28)21-12-13-23-24(19-21)27(4,5)16-15-26(23,2)3/h7-14,19H,6,15-18H2,1-5H3,(H,29,30). The number of carbonyl (C=O) groups is 1. The summed E-state index contributed by atoms with van der Waals surface area (Å²) in [5.41, 5.74) is 7.51. The first-order valence-corrected chi connectivity index (χ1v) is 11.4. The molecular weight excluding hydrogens is 366 g/mol. The fourth-order valence-corrected chi connectivity index (χ4v) is 5.20. The molecular formula is C28H35NO. The van der Waals surface area contributed by atoms with E-state index in [-0.39, 0.29) is 22.2 Å². The van der Waals surface area contributed by atoms with Gasteiger partial charge in [-0.2, -0.15) is 0 Å². The molecule has 1 N–H and O–H groups in total. The van der Waals surface area contributed by atoms with Gasteiger partial charge in [-0.15, -0.1) is 0 Å². The van der Waals surface area contributed by atoms with E-state index in [0.717, 1.165) is 5.56 Å². The van der Waals surface area contributed by atoms with Gasteiger partial charge in [0.15, 0.2) is 0 Å². The van der Waals surface area contributed by atoms with Crippen LogP contribution in [0.2, 0.25) is 0 Å². The van der Waals surface area contributed by atoms with Crippen LogP contribution in [0.25, 0.3) is 6.08 Å². The Morgan fingerprint density at radius 2 is 1.57 bits per heavy atom. The Morgan fingerprint density at radius 1 is 0.900 bits per heavy atom. The van der Waals surface area contributed by atoms with Crippen LogP contribution in [0, 0.1) is 0 Å². The summed E-state index contributed by atoms with van der Waals surface area (Å²) >= 11 is 0. The number of likely N-dealkylation sites (N-methyl/N-ethyl adjacent to an activating group) is 1. The molecule has 4 rings (SSSR count). The summed E-state index contributed by atoms with van der Waals surface area (Å²) in [5, 5.41) is 2.85. The molecule has 1 amide bonds. The van der Waals surface area contributed by atoms with Crippen LogP contribution in [-0.2, 0) is 21.0 Å². The SMILES string of the molecule is CCNC(=O)C=Cc1ccccc1C1(c2ccc3c(c2)C(C)(C)CCC3(C)C)CC1. The van der Waals surface area contributed by atoms with E-state index in [0.29, 0.717) is 6.54 Å². The van der Waals surface area contributed by atoms with Gasteiger partial charge in [-0.05, 0) is 77.3 Å². The molecule has 30 heavy (non-hydrogen) atoms. The van der Waals surface area contributed by atoms with Crippen molar-refractivity contribution < 1.29 is 4.79 Å². The van der Waals surface area contributed by atoms with Gasteiger partial charge in [0.25, 0.3) is 0 Å². The molecule has 2 aliphatic carbocycles. The normalized spacial score (nSPS) is 20.6. The highest BCUT2D eigenvalue weighted by Crippen LogP contribution is 2.56. The van der Waals surface area contributed by atoms with Crippen molar-refractivity contribution in [1.82, 2.24) is 5.32 Å². The lowest BCUT2D eigenvalue weighted by Gasteiger charge is -2.42. The number of fused-ring (bicyclic) bond motifs is 1. The van der Waals surface area contributed by atoms with Crippen LogP contribution in [-0.4, -0.2) is 12.5 Å². The van der Waals surface area contributed by atoms with Gasteiger partial charge in [0, 0.05) is 18.0 Å². The van der Waals surface area contributed by atoms with Crippen molar-refractivity contribution in [2.75, 3.05) is 6.54 Å². The van der Waals surface area contributed by atoms with Crippen LogP contribution in [0.1, 0.15) is 88.1 Å². The van der Waals surface area contributed by atoms with Gasteiger partial charge >= 0.3 is 0 Å². The maximum Gasteiger partial charge on any atom is 0.243 e. The molecule has 0 heterocycles. The number of amides is 1. The predicted octanol–water partition coefficient (Wildman–Crippen LogP) is 6.26. The summed E-state index contributed by atoms with van der Waals surface area (Å²) in [6.07, 6.45) is 8.45. The van der Waals surface area contributed by atoms with Crippen LogP contribution < -0.4 is 5.32 Å². The molecule has 2 aromatic rings. The summed E-state index contributed by atoms with van der Waals surface area (Å²) in [6.45, 7) is 12.2. The zero-order valence-electron chi connectivity index (χ0n) is 19.1. The smallest absolute Gasteiger partial charge is 0.243 e. The average molecular weight is 402 g/mol. The first kappa shape index (κ1) is 20.9. The Morgan fingerprint density at radius 3 is 2.23 bits per heavy atom. The molecule has 0 radical (unpaired) electrons. The highest BCUT2D eigenvalue weighted by atomic mass is 16.1. The van der Waals surface area contributed by atoms with Gasteiger partial charge in [-0.25, -0.2) is 0 Å². The van der Waals surface area contributed by atoms with Crippen LogP contribution in [0.15, 0.2) is 48.5 Å². The molecule has 0 saturated heterocycles. The molecule has 2 aliphatic rings. The molecule has 0 bridgehead atoms. The van der Waals surface area contributed by atoms with Crippen molar-refractivity contribution in [1.29, 1.82) is 0 Å². The van der Waals surface area contributed by atoms with Gasteiger partial charge in [0.2, 0.25) is 5.91 Å². The highest BCUT2D eigenvalue weighted by Gasteiger charge is 2.48. The molecule has 0 unspecified atom stereocenters. The quantitative estimate of drug-likeness (QED) is 0.588. The molecule has 2 aromatic carbocycles. The zero-order valence-corrected chi connectivity index (χ0v) is 19.1. The highest BCUT2D eigenvalue weighted by molar-refractivity contribution is 5.92. The summed E-state index contributed by atoms with van der Waals surface area (Å²) in [4.78, 5) is 12.0. The van der Waals surface area contributed by atoms with Crippen molar-refractivity contribution in [2.45, 2.75) is 76.5 Å². The predicted molar refractivity (Wildman–Crippen MR) is 126 cm³/mol. The summed E-state index contributed by atoms with van der Waals surface area (Å²) in [6, 6.07) is 15.9. The minimum absolute atomic E-state index is 0.0325. The Balaban J connectivity index is 1.76. The number of benzene rings is 2. The van der Waals surface area contributed by atoms with E-state index in [1.54, 1.807) is 6.08 Å². The number of hydrogen-bond donors (Lipinski definition) is 1. The number of nitrogens with one attached hydrogen (secondary N) is 1. The Kier molecular flexibility index (Phi) is 5.16. The third-order valence-electron chi connectivity index (χ3n) is 7.40. The minimum atomic E-state index is -0.0325. The lowest BCUT2D eigenvalue weighted by molar-refractivity contribution is -0.116. The number of rotatable bonds is 5. The molecule has 2 nitrogen and oxygen atoms in total. The third kappa shape index (κ3) is 3.62. The van der Waals surface area contributed by atoms with E-state index in [1.165, 1.54) is 47.9 Å². The van der Waals surface area contributed by atoms with Crippen molar-refractivity contribution >= 4 is 12.0 Å². The Hall–Kier alpha value is -2.35. The topological polar surface area (TPSA) is 29.1 Å². The molecule has 0 aromatic heterocycles. The summed E-state index contributed by atoms with van der Waals surface area (Å²) in [7, 11) is 0. The molecule has 1 saturated carbocycles. The molecule has 2 heteroatoms. The fraction of sp³-hybridized carbons (Fsp3) is 0.464. The van der Waals surface area contributed by atoms with Crippen LogP contribution in [0.4, 0.5) is 0 Å². The third-order valence-corrected chi connectivity index (χ3v) is 7.40. The van der Waals surface area contributed by atoms with E-state index in [1.807, 2.05) is 13.0 Å². The second kappa shape index (κ2) is 7.41. The van der Waals surface area contributed by atoms with E-state index < -0.39 is 0 Å². The van der Waals surface area contributed by atoms with E-state index in [4.69, 9.17) is 0 Å². The summed E-state index contributed by atoms with van der Waals surface area (Å²) in [5.74, 6) is -0.0325. The average Bonchev–Trinajstić information content (AvgIpc) is 3.52. The van der Waals surface area contributed by atoms with Crippen molar-refractivity contribution in [3.8, 4) is 0 Å². The number of hydrogen-bond acceptors (Lipinski definition) is 1. The molecule has 0 spiro atoms. The van der Waals surface area contributed by atoms with Crippen molar-refractivity contribution in [2.24, 2.45) is 0 Å². The Labute approximate surface area is 181 Å². The van der Waals surface area contributed by atoms with Gasteiger partial charge in [0.05, 0.1) is 0 Å². The van der Waals surface area contributed by atoms with Gasteiger partial charge in [-0.3, -0.25) is 4.79 Å². The lowest BCUT2D eigenvalue weighted by Crippen LogP contribution is -2.34. The van der Waals surface area contributed by atoms with E-state index >= 15 is 0 Å². The van der Waals surface area contributed by atoms with Gasteiger partial charge in [-0.1, -0.05) is 70.2 Å². The molecule has 1 fully saturated rings. The first-order valence-electron chi connectivity index (χ1n) is 11.4. The van der Waals surface area contributed by atoms with Crippen LogP contribution in [0.3, 0.4) is 0 Å². The fourth-order valence-electron chi connectivity index (χ4n) is 5.20. The lowest BCUT2D eigenvalue weighted by atomic mass is 9.62. The summed E-state index contributed by atoms with van der Waals surface area (Å²) < 4.78 is 0. The van der Waals surface area contributed by atoms with Crippen molar-refractivity contribution in [3.05, 3.63) is 76.4 Å². The van der Waals surface area contributed by atoms with E-state index in [9.17, 15) is 4.79 Å². The molecule has 0 atom stereocenters. The monoisotopic (exact) mass is 401 g/mol. The van der Waals surface area contributed by atoms with E-state index in [2.05, 4.69) is 75.5 Å². The Bertz CT molecular complexity index is 991. The second-order valence-electron chi connectivity index (χ2n) is 10.4. The van der Waals surface area contributed by atoms with Gasteiger partial charge < -0.3 is 5.32 Å². The number of carbonyl (C=O) groups excluding carboxylic acids is 1. The largest absolute Gasteiger partial charge is 0.353 e. The second-order valence-corrected chi connectivity index (χ2v) is 10.4.